The fourth-order valence-corrected chi connectivity index (χ4v) is 6.83. The SMILES string of the molecule is COCC1C=C(CO)C2c3ccc(C)cc3-c3cc(CC(C)C)c4cc(-c5ccc(C)cc5)ccc4[n+]3C12. The van der Waals surface area contributed by atoms with Gasteiger partial charge in [-0.15, -0.1) is 0 Å². The summed E-state index contributed by atoms with van der Waals surface area (Å²) >= 11 is 0. The minimum absolute atomic E-state index is 0.0749. The summed E-state index contributed by atoms with van der Waals surface area (Å²) in [6.45, 7) is 9.63. The average molecular weight is 505 g/mol. The van der Waals surface area contributed by atoms with E-state index in [4.69, 9.17) is 4.74 Å². The maximum Gasteiger partial charge on any atom is 0.213 e. The van der Waals surface area contributed by atoms with Crippen LogP contribution in [0.4, 0.5) is 0 Å². The highest BCUT2D eigenvalue weighted by Crippen LogP contribution is 2.51. The van der Waals surface area contributed by atoms with Gasteiger partial charge in [-0.3, -0.25) is 0 Å². The van der Waals surface area contributed by atoms with Gasteiger partial charge >= 0.3 is 0 Å². The number of aliphatic hydroxyl groups is 1. The van der Waals surface area contributed by atoms with Gasteiger partial charge in [0.2, 0.25) is 11.2 Å². The molecule has 194 valence electrons. The zero-order chi connectivity index (χ0) is 26.6. The lowest BCUT2D eigenvalue weighted by Crippen LogP contribution is -2.50. The molecule has 2 heterocycles. The molecule has 0 fully saturated rings. The van der Waals surface area contributed by atoms with Crippen molar-refractivity contribution in [1.82, 2.24) is 0 Å². The summed E-state index contributed by atoms with van der Waals surface area (Å²) in [5.41, 5.74) is 12.7. The smallest absolute Gasteiger partial charge is 0.213 e. The summed E-state index contributed by atoms with van der Waals surface area (Å²) in [4.78, 5) is 0. The number of aromatic nitrogens is 1. The van der Waals surface area contributed by atoms with Crippen molar-refractivity contribution in [3.8, 4) is 22.4 Å². The van der Waals surface area contributed by atoms with Crippen molar-refractivity contribution in [2.75, 3.05) is 20.3 Å². The number of rotatable bonds is 6. The summed E-state index contributed by atoms with van der Waals surface area (Å²) in [5.74, 6) is 0.887. The van der Waals surface area contributed by atoms with Gasteiger partial charge < -0.3 is 9.84 Å². The van der Waals surface area contributed by atoms with Gasteiger partial charge in [0.25, 0.3) is 0 Å². The van der Waals surface area contributed by atoms with Gasteiger partial charge in [-0.1, -0.05) is 67.4 Å². The second-order valence-electron chi connectivity index (χ2n) is 11.7. The van der Waals surface area contributed by atoms with Crippen LogP contribution in [0.2, 0.25) is 0 Å². The zero-order valence-electron chi connectivity index (χ0n) is 23.2. The Morgan fingerprint density at radius 3 is 2.34 bits per heavy atom. The largest absolute Gasteiger partial charge is 0.392 e. The number of pyridine rings is 1. The zero-order valence-corrected chi connectivity index (χ0v) is 23.2. The van der Waals surface area contributed by atoms with Crippen molar-refractivity contribution >= 4 is 10.9 Å². The number of methoxy groups -OCH3 is 1. The predicted octanol–water partition coefficient (Wildman–Crippen LogP) is 7.11. The van der Waals surface area contributed by atoms with E-state index in [1.165, 1.54) is 55.5 Å². The van der Waals surface area contributed by atoms with Crippen molar-refractivity contribution in [2.24, 2.45) is 11.8 Å². The van der Waals surface area contributed by atoms with E-state index in [9.17, 15) is 5.11 Å². The van der Waals surface area contributed by atoms with Gasteiger partial charge in [-0.05, 0) is 72.2 Å². The van der Waals surface area contributed by atoms with E-state index in [-0.39, 0.29) is 24.5 Å². The molecule has 6 rings (SSSR count). The van der Waals surface area contributed by atoms with Crippen LogP contribution in [0, 0.1) is 25.7 Å². The molecule has 1 N–H and O–H groups in total. The van der Waals surface area contributed by atoms with Gasteiger partial charge in [0.15, 0.2) is 6.04 Å². The maximum absolute atomic E-state index is 10.4. The number of hydrogen-bond donors (Lipinski definition) is 1. The minimum Gasteiger partial charge on any atom is -0.392 e. The Hall–Kier alpha value is -3.27. The minimum atomic E-state index is 0.0749. The molecule has 3 heteroatoms. The molecule has 1 aromatic heterocycles. The van der Waals surface area contributed by atoms with Crippen LogP contribution in [-0.2, 0) is 11.2 Å². The van der Waals surface area contributed by atoms with Gasteiger partial charge in [0, 0.05) is 19.2 Å². The first-order valence-corrected chi connectivity index (χ1v) is 13.9. The summed E-state index contributed by atoms with van der Waals surface area (Å²) in [5, 5.41) is 11.8. The molecule has 0 amide bonds. The van der Waals surface area contributed by atoms with Crippen LogP contribution in [0.5, 0.6) is 0 Å². The molecule has 3 atom stereocenters. The molecule has 3 unspecified atom stereocenters. The van der Waals surface area contributed by atoms with E-state index in [0.29, 0.717) is 12.5 Å². The number of aryl methyl sites for hydroxylation is 2. The van der Waals surface area contributed by atoms with Crippen molar-refractivity contribution in [2.45, 2.75) is 46.1 Å². The van der Waals surface area contributed by atoms with E-state index in [0.717, 1.165) is 12.0 Å². The van der Waals surface area contributed by atoms with Gasteiger partial charge in [0.1, 0.15) is 0 Å². The average Bonchev–Trinajstić information content (AvgIpc) is 3.27. The van der Waals surface area contributed by atoms with Crippen LogP contribution in [-0.4, -0.2) is 25.4 Å². The van der Waals surface area contributed by atoms with Crippen molar-refractivity contribution in [3.05, 3.63) is 101 Å². The fourth-order valence-electron chi connectivity index (χ4n) is 6.83. The Labute approximate surface area is 226 Å². The number of ether oxygens (including phenoxy) is 1. The molecule has 1 aliphatic carbocycles. The van der Waals surface area contributed by atoms with Crippen molar-refractivity contribution in [1.29, 1.82) is 0 Å². The van der Waals surface area contributed by atoms with Gasteiger partial charge in [0.05, 0.1) is 36.0 Å². The Bertz CT molecular complexity index is 1550. The number of fused-ring (bicyclic) bond motifs is 8. The Morgan fingerprint density at radius 1 is 0.895 bits per heavy atom. The molecule has 0 radical (unpaired) electrons. The second kappa shape index (κ2) is 9.80. The highest BCUT2D eigenvalue weighted by atomic mass is 16.5. The topological polar surface area (TPSA) is 33.3 Å². The Morgan fingerprint density at radius 2 is 1.63 bits per heavy atom. The number of benzene rings is 3. The molecule has 0 saturated carbocycles. The molecule has 3 aromatic carbocycles. The summed E-state index contributed by atoms with van der Waals surface area (Å²) in [7, 11) is 1.78. The Kier molecular flexibility index (Phi) is 6.45. The lowest BCUT2D eigenvalue weighted by atomic mass is 9.78. The molecule has 0 spiro atoms. The van der Waals surface area contributed by atoms with Crippen LogP contribution in [0.1, 0.15) is 48.1 Å². The van der Waals surface area contributed by atoms with E-state index in [2.05, 4.69) is 105 Å². The molecule has 0 bridgehead atoms. The van der Waals surface area contributed by atoms with Crippen LogP contribution < -0.4 is 4.57 Å². The first-order valence-electron chi connectivity index (χ1n) is 13.9. The molecule has 0 saturated heterocycles. The van der Waals surface area contributed by atoms with Crippen LogP contribution in [0.3, 0.4) is 0 Å². The van der Waals surface area contributed by atoms with Crippen LogP contribution in [0.15, 0.2) is 78.4 Å². The monoisotopic (exact) mass is 504 g/mol. The number of aliphatic hydroxyl groups excluding tert-OH is 1. The van der Waals surface area contributed by atoms with Crippen LogP contribution >= 0.6 is 0 Å². The first-order chi connectivity index (χ1) is 18.4. The third-order valence-corrected chi connectivity index (χ3v) is 8.45. The van der Waals surface area contributed by atoms with Gasteiger partial charge in [-0.25, -0.2) is 0 Å². The van der Waals surface area contributed by atoms with Gasteiger partial charge in [-0.2, -0.15) is 4.57 Å². The van der Waals surface area contributed by atoms with Crippen molar-refractivity contribution in [3.63, 3.8) is 0 Å². The summed E-state index contributed by atoms with van der Waals surface area (Å²) in [6.07, 6.45) is 3.30. The molecular weight excluding hydrogens is 466 g/mol. The molecule has 4 aromatic rings. The van der Waals surface area contributed by atoms with Crippen molar-refractivity contribution < 1.29 is 14.4 Å². The molecule has 3 nitrogen and oxygen atoms in total. The molecule has 2 aliphatic rings. The number of nitrogens with zero attached hydrogens (tertiary/aromatic N) is 1. The third kappa shape index (κ3) is 4.09. The standard InChI is InChI=1S/C35H38NO2/c1-21(2)14-26-18-33-31-15-23(4)8-12-29(31)34-27(19-37)16-28(20-38-5)35(34)36(33)32-13-11-25(17-30(26)32)24-9-6-22(3)7-10-24/h6-13,15-18,21,28,34-35,37H,14,19-20H2,1-5H3/q+1. The van der Waals surface area contributed by atoms with E-state index in [1.807, 2.05) is 0 Å². The molecule has 38 heavy (non-hydrogen) atoms. The molecule has 1 aliphatic heterocycles. The highest BCUT2D eigenvalue weighted by Gasteiger charge is 2.50. The third-order valence-electron chi connectivity index (χ3n) is 8.45. The van der Waals surface area contributed by atoms with E-state index >= 15 is 0 Å². The fraction of sp³-hybridized carbons (Fsp3) is 0.343. The lowest BCUT2D eigenvalue weighted by Gasteiger charge is -2.31. The quantitative estimate of drug-likeness (QED) is 0.224. The second-order valence-corrected chi connectivity index (χ2v) is 11.7. The predicted molar refractivity (Wildman–Crippen MR) is 155 cm³/mol. The van der Waals surface area contributed by atoms with Crippen LogP contribution in [0.25, 0.3) is 33.3 Å². The van der Waals surface area contributed by atoms with E-state index < -0.39 is 0 Å². The van der Waals surface area contributed by atoms with E-state index in [1.54, 1.807) is 7.11 Å². The highest BCUT2D eigenvalue weighted by molar-refractivity contribution is 5.87. The lowest BCUT2D eigenvalue weighted by molar-refractivity contribution is -0.697. The molecular formula is C35H38NO2+. The Balaban J connectivity index is 1.66. The summed E-state index contributed by atoms with van der Waals surface area (Å²) in [6, 6.07) is 25.3. The number of hydrogen-bond acceptors (Lipinski definition) is 2. The normalized spacial score (nSPS) is 19.9. The maximum atomic E-state index is 10.4. The summed E-state index contributed by atoms with van der Waals surface area (Å²) < 4.78 is 8.30. The first kappa shape index (κ1) is 25.0.